The molecule has 0 atom stereocenters. The van der Waals surface area contributed by atoms with E-state index in [1.807, 2.05) is 31.2 Å². The molecule has 3 rings (SSSR count). The predicted molar refractivity (Wildman–Crippen MR) is 113 cm³/mol. The van der Waals surface area contributed by atoms with Gasteiger partial charge >= 0.3 is 10.1 Å². The van der Waals surface area contributed by atoms with Gasteiger partial charge in [-0.15, -0.1) is 0 Å². The van der Waals surface area contributed by atoms with E-state index in [4.69, 9.17) is 8.92 Å². The van der Waals surface area contributed by atoms with Crippen LogP contribution in [0.4, 0.5) is 5.69 Å². The van der Waals surface area contributed by atoms with Crippen molar-refractivity contribution in [1.29, 1.82) is 0 Å². The van der Waals surface area contributed by atoms with Gasteiger partial charge in [-0.3, -0.25) is 4.99 Å². The number of nitrogens with zero attached hydrogens (tertiary/aromatic N) is 1. The van der Waals surface area contributed by atoms with Crippen LogP contribution in [0.1, 0.15) is 11.1 Å². The highest BCUT2D eigenvalue weighted by atomic mass is 79.9. The van der Waals surface area contributed by atoms with E-state index < -0.39 is 10.1 Å². The van der Waals surface area contributed by atoms with E-state index in [9.17, 15) is 8.42 Å². The van der Waals surface area contributed by atoms with Gasteiger partial charge in [0.15, 0.2) is 11.5 Å². The first-order valence-corrected chi connectivity index (χ1v) is 10.6. The maximum Gasteiger partial charge on any atom is 0.339 e. The first-order chi connectivity index (χ1) is 13.4. The van der Waals surface area contributed by atoms with Gasteiger partial charge < -0.3 is 8.92 Å². The lowest BCUT2D eigenvalue weighted by Crippen LogP contribution is -2.11. The Morgan fingerprint density at radius 3 is 2.32 bits per heavy atom. The molecule has 28 heavy (non-hydrogen) atoms. The summed E-state index contributed by atoms with van der Waals surface area (Å²) in [6.07, 6.45) is 1.67. The van der Waals surface area contributed by atoms with Crippen LogP contribution in [0.5, 0.6) is 11.5 Å². The third kappa shape index (κ3) is 4.79. The molecular weight excluding hydrogens is 442 g/mol. The van der Waals surface area contributed by atoms with Crippen molar-refractivity contribution in [3.63, 3.8) is 0 Å². The zero-order valence-electron chi connectivity index (χ0n) is 15.3. The number of hydrogen-bond acceptors (Lipinski definition) is 5. The quantitative estimate of drug-likeness (QED) is 0.371. The highest BCUT2D eigenvalue weighted by Crippen LogP contribution is 2.38. The molecule has 3 aromatic carbocycles. The van der Waals surface area contributed by atoms with Crippen LogP contribution in [0.15, 0.2) is 81.1 Å². The Hall–Kier alpha value is -2.64. The molecule has 0 radical (unpaired) electrons. The van der Waals surface area contributed by atoms with E-state index in [2.05, 4.69) is 20.9 Å². The molecule has 0 bridgehead atoms. The fourth-order valence-electron chi connectivity index (χ4n) is 2.42. The fraction of sp³-hybridized carbons (Fsp3) is 0.0952. The largest absolute Gasteiger partial charge is 0.493 e. The molecule has 7 heteroatoms. The van der Waals surface area contributed by atoms with Crippen LogP contribution >= 0.6 is 15.9 Å². The van der Waals surface area contributed by atoms with E-state index in [-0.39, 0.29) is 16.4 Å². The van der Waals surface area contributed by atoms with Gasteiger partial charge in [0, 0.05) is 6.21 Å². The van der Waals surface area contributed by atoms with Crippen LogP contribution in [-0.4, -0.2) is 21.7 Å². The molecule has 3 aromatic rings. The maximum absolute atomic E-state index is 12.5. The molecule has 0 N–H and O–H groups in total. The summed E-state index contributed by atoms with van der Waals surface area (Å²) in [6.45, 7) is 2.01. The standard InChI is InChI=1S/C21H18BrNO4S/c1-15-8-10-17(11-9-15)23-14-16-12-19(22)21(20(13-16)26-2)27-28(24,25)18-6-4-3-5-7-18/h3-14H,1-2H3. The van der Waals surface area contributed by atoms with Crippen LogP contribution in [0, 0.1) is 6.92 Å². The van der Waals surface area contributed by atoms with Crippen molar-refractivity contribution in [2.75, 3.05) is 7.11 Å². The minimum atomic E-state index is -3.98. The van der Waals surface area contributed by atoms with Crippen LogP contribution in [-0.2, 0) is 10.1 Å². The molecule has 144 valence electrons. The van der Waals surface area contributed by atoms with E-state index in [1.165, 1.54) is 19.2 Å². The third-order valence-electron chi connectivity index (χ3n) is 3.87. The van der Waals surface area contributed by atoms with E-state index in [0.29, 0.717) is 4.47 Å². The number of aryl methyl sites for hydroxylation is 1. The summed E-state index contributed by atoms with van der Waals surface area (Å²) in [5.41, 5.74) is 2.70. The van der Waals surface area contributed by atoms with Crippen LogP contribution in [0.2, 0.25) is 0 Å². The first-order valence-electron chi connectivity index (χ1n) is 8.37. The van der Waals surface area contributed by atoms with Gasteiger partial charge in [-0.1, -0.05) is 35.9 Å². The second-order valence-electron chi connectivity index (χ2n) is 5.98. The van der Waals surface area contributed by atoms with Gasteiger partial charge in [0.25, 0.3) is 0 Å². The molecule has 0 aliphatic carbocycles. The van der Waals surface area contributed by atoms with Crippen LogP contribution < -0.4 is 8.92 Å². The highest BCUT2D eigenvalue weighted by molar-refractivity contribution is 9.10. The van der Waals surface area contributed by atoms with Gasteiger partial charge in [0.1, 0.15) is 4.90 Å². The predicted octanol–water partition coefficient (Wildman–Crippen LogP) is 5.28. The summed E-state index contributed by atoms with van der Waals surface area (Å²) in [5.74, 6) is 0.359. The molecule has 0 spiro atoms. The topological polar surface area (TPSA) is 65.0 Å². The van der Waals surface area contributed by atoms with Crippen molar-refractivity contribution in [3.05, 3.63) is 82.3 Å². The Bertz CT molecular complexity index is 1100. The summed E-state index contributed by atoms with van der Waals surface area (Å²) in [6, 6.07) is 19.1. The van der Waals surface area contributed by atoms with Crippen LogP contribution in [0.25, 0.3) is 0 Å². The Kier molecular flexibility index (Phi) is 6.16. The normalized spacial score (nSPS) is 11.5. The molecular formula is C21H18BrNO4S. The third-order valence-corrected chi connectivity index (χ3v) is 5.70. The van der Waals surface area contributed by atoms with Gasteiger partial charge in [-0.2, -0.15) is 8.42 Å². The monoisotopic (exact) mass is 459 g/mol. The Morgan fingerprint density at radius 2 is 1.68 bits per heavy atom. The average molecular weight is 460 g/mol. The smallest absolute Gasteiger partial charge is 0.339 e. The van der Waals surface area contributed by atoms with Crippen molar-refractivity contribution in [3.8, 4) is 11.5 Å². The second kappa shape index (κ2) is 8.58. The molecule has 0 aliphatic heterocycles. The summed E-state index contributed by atoms with van der Waals surface area (Å²) in [5, 5.41) is 0. The minimum absolute atomic E-state index is 0.0639. The molecule has 0 unspecified atom stereocenters. The lowest BCUT2D eigenvalue weighted by Gasteiger charge is -2.13. The summed E-state index contributed by atoms with van der Waals surface area (Å²) >= 11 is 3.37. The minimum Gasteiger partial charge on any atom is -0.493 e. The Labute approximate surface area is 172 Å². The Balaban J connectivity index is 1.91. The maximum atomic E-state index is 12.5. The number of methoxy groups -OCH3 is 1. The lowest BCUT2D eigenvalue weighted by molar-refractivity contribution is 0.389. The van der Waals surface area contributed by atoms with Gasteiger partial charge in [-0.05, 0) is 64.8 Å². The number of rotatable bonds is 6. The molecule has 0 aromatic heterocycles. The molecule has 0 aliphatic rings. The molecule has 0 fully saturated rings. The van der Waals surface area contributed by atoms with E-state index in [1.54, 1.807) is 36.5 Å². The van der Waals surface area contributed by atoms with Crippen molar-refractivity contribution in [2.24, 2.45) is 4.99 Å². The van der Waals surface area contributed by atoms with Crippen molar-refractivity contribution in [1.82, 2.24) is 0 Å². The number of halogens is 1. The summed E-state index contributed by atoms with van der Waals surface area (Å²) in [7, 11) is -2.54. The van der Waals surface area contributed by atoms with Crippen molar-refractivity contribution < 1.29 is 17.3 Å². The first kappa shape index (κ1) is 20.1. The summed E-state index contributed by atoms with van der Waals surface area (Å²) < 4.78 is 36.1. The molecule has 0 saturated heterocycles. The number of ether oxygens (including phenoxy) is 1. The number of benzene rings is 3. The molecule has 0 saturated carbocycles. The Morgan fingerprint density at radius 1 is 1.00 bits per heavy atom. The molecule has 0 heterocycles. The number of aliphatic imine (C=N–C) groups is 1. The van der Waals surface area contributed by atoms with Gasteiger partial charge in [-0.25, -0.2) is 0 Å². The molecule has 5 nitrogen and oxygen atoms in total. The van der Waals surface area contributed by atoms with Crippen molar-refractivity contribution >= 4 is 38.0 Å². The second-order valence-corrected chi connectivity index (χ2v) is 8.38. The molecule has 0 amide bonds. The lowest BCUT2D eigenvalue weighted by atomic mass is 10.2. The SMILES string of the molecule is COc1cc(C=Nc2ccc(C)cc2)cc(Br)c1OS(=O)(=O)c1ccccc1. The van der Waals surface area contributed by atoms with E-state index in [0.717, 1.165) is 16.8 Å². The number of hydrogen-bond donors (Lipinski definition) is 0. The van der Waals surface area contributed by atoms with Gasteiger partial charge in [0.2, 0.25) is 0 Å². The van der Waals surface area contributed by atoms with Crippen LogP contribution in [0.3, 0.4) is 0 Å². The fourth-order valence-corrected chi connectivity index (χ4v) is 4.05. The zero-order chi connectivity index (χ0) is 20.1. The van der Waals surface area contributed by atoms with Gasteiger partial charge in [0.05, 0.1) is 17.3 Å². The zero-order valence-corrected chi connectivity index (χ0v) is 17.7. The van der Waals surface area contributed by atoms with Crippen molar-refractivity contribution in [2.45, 2.75) is 11.8 Å². The summed E-state index contributed by atoms with van der Waals surface area (Å²) in [4.78, 5) is 4.49. The average Bonchev–Trinajstić information content (AvgIpc) is 2.70. The van der Waals surface area contributed by atoms with E-state index >= 15 is 0 Å². The highest BCUT2D eigenvalue weighted by Gasteiger charge is 2.21.